The maximum atomic E-state index is 12.9. The van der Waals surface area contributed by atoms with Crippen molar-refractivity contribution in [1.82, 2.24) is 4.31 Å². The molecule has 2 heterocycles. The summed E-state index contributed by atoms with van der Waals surface area (Å²) in [6.45, 7) is -0.0639. The minimum atomic E-state index is -3.98. The molecule has 0 amide bonds. The third-order valence-corrected chi connectivity index (χ3v) is 9.36. The Balaban J connectivity index is 1.87. The Morgan fingerprint density at radius 2 is 1.85 bits per heavy atom. The number of methoxy groups -OCH3 is 1. The maximum Gasteiger partial charge on any atom is 0.349 e. The van der Waals surface area contributed by atoms with Gasteiger partial charge in [-0.15, -0.1) is 11.3 Å². The molecule has 0 saturated carbocycles. The Hall–Kier alpha value is -1.75. The Morgan fingerprint density at radius 1 is 1.15 bits per heavy atom. The van der Waals surface area contributed by atoms with Crippen molar-refractivity contribution < 1.29 is 26.4 Å². The van der Waals surface area contributed by atoms with Crippen molar-refractivity contribution in [2.45, 2.75) is 21.5 Å². The van der Waals surface area contributed by atoms with Crippen LogP contribution >= 0.6 is 11.3 Å². The van der Waals surface area contributed by atoms with Crippen LogP contribution in [0.15, 0.2) is 51.6 Å². The van der Waals surface area contributed by atoms with Crippen LogP contribution in [-0.2, 0) is 24.6 Å². The summed E-state index contributed by atoms with van der Waals surface area (Å²) >= 11 is 0.972. The Bertz CT molecular complexity index is 1010. The first-order valence-corrected chi connectivity index (χ1v) is 11.6. The third-order valence-electron chi connectivity index (χ3n) is 4.24. The van der Waals surface area contributed by atoms with Crippen LogP contribution in [-0.4, -0.2) is 52.6 Å². The van der Waals surface area contributed by atoms with Gasteiger partial charge < -0.3 is 4.74 Å². The van der Waals surface area contributed by atoms with Gasteiger partial charge >= 0.3 is 5.97 Å². The average molecular weight is 416 g/mol. The van der Waals surface area contributed by atoms with E-state index in [9.17, 15) is 21.6 Å². The molecule has 1 aromatic heterocycles. The molecule has 1 aromatic carbocycles. The number of carbonyl (C=O) groups excluding carboxylic acids is 1. The molecule has 26 heavy (non-hydrogen) atoms. The number of sulfonamides is 1. The monoisotopic (exact) mass is 415 g/mol. The normalized spacial score (nSPS) is 18.7. The Labute approximate surface area is 156 Å². The highest BCUT2D eigenvalue weighted by Gasteiger charge is 2.41. The van der Waals surface area contributed by atoms with Gasteiger partial charge in [-0.3, -0.25) is 0 Å². The number of carbonyl (C=O) groups is 1. The zero-order valence-electron chi connectivity index (χ0n) is 13.9. The van der Waals surface area contributed by atoms with E-state index in [2.05, 4.69) is 4.74 Å². The molecule has 1 aliphatic heterocycles. The molecule has 140 valence electrons. The topological polar surface area (TPSA) is 97.8 Å². The second-order valence-corrected chi connectivity index (χ2v) is 10.8. The molecule has 0 aliphatic carbocycles. The largest absolute Gasteiger partial charge is 0.465 e. The molecule has 1 aliphatic rings. The maximum absolute atomic E-state index is 12.9. The lowest BCUT2D eigenvalue weighted by molar-refractivity contribution is 0.0602. The summed E-state index contributed by atoms with van der Waals surface area (Å²) in [6, 6.07) is 9.32. The summed E-state index contributed by atoms with van der Waals surface area (Å²) in [4.78, 5) is 11.8. The fraction of sp³-hybridized carbons (Fsp3) is 0.312. The number of rotatable bonds is 5. The van der Waals surface area contributed by atoms with E-state index in [0.29, 0.717) is 0 Å². The van der Waals surface area contributed by atoms with E-state index in [-0.39, 0.29) is 34.2 Å². The van der Waals surface area contributed by atoms with Crippen LogP contribution in [0.3, 0.4) is 0 Å². The first-order chi connectivity index (χ1) is 12.3. The molecule has 0 radical (unpaired) electrons. The molecule has 1 atom stereocenters. The van der Waals surface area contributed by atoms with Crippen LogP contribution in [0.1, 0.15) is 16.1 Å². The summed E-state index contributed by atoms with van der Waals surface area (Å²) in [6.07, 6.45) is 0.203. The van der Waals surface area contributed by atoms with Gasteiger partial charge in [-0.25, -0.2) is 21.6 Å². The van der Waals surface area contributed by atoms with Gasteiger partial charge in [0, 0.05) is 13.1 Å². The summed E-state index contributed by atoms with van der Waals surface area (Å²) in [5, 5.41) is 0.674. The van der Waals surface area contributed by atoms with Gasteiger partial charge in [0.05, 0.1) is 17.3 Å². The molecule has 1 unspecified atom stereocenters. The summed E-state index contributed by atoms with van der Waals surface area (Å²) in [5.74, 6) is -0.730. The van der Waals surface area contributed by atoms with Crippen LogP contribution in [0.4, 0.5) is 0 Å². The van der Waals surface area contributed by atoms with Crippen molar-refractivity contribution in [3.8, 4) is 0 Å². The van der Waals surface area contributed by atoms with Crippen LogP contribution in [0.5, 0.6) is 0 Å². The van der Waals surface area contributed by atoms with Crippen molar-refractivity contribution in [3.05, 3.63) is 46.7 Å². The molecule has 1 fully saturated rings. The van der Waals surface area contributed by atoms with Crippen molar-refractivity contribution in [2.75, 3.05) is 20.2 Å². The number of esters is 1. The summed E-state index contributed by atoms with van der Waals surface area (Å²) < 4.78 is 56.9. The fourth-order valence-electron chi connectivity index (χ4n) is 2.85. The number of ether oxygens (including phenoxy) is 1. The highest BCUT2D eigenvalue weighted by Crippen LogP contribution is 2.31. The highest BCUT2D eigenvalue weighted by atomic mass is 32.2. The van der Waals surface area contributed by atoms with E-state index in [1.807, 2.05) is 0 Å². The van der Waals surface area contributed by atoms with Crippen LogP contribution in [0.2, 0.25) is 0 Å². The van der Waals surface area contributed by atoms with E-state index in [1.165, 1.54) is 30.7 Å². The molecule has 2 aromatic rings. The minimum absolute atomic E-state index is 0.0122. The second-order valence-electron chi connectivity index (χ2n) is 5.74. The smallest absolute Gasteiger partial charge is 0.349 e. The SMILES string of the molecule is COC(=O)c1sccc1S(=O)(=O)N1CCC(S(=O)(=O)c2ccccc2)C1. The fourth-order valence-corrected chi connectivity index (χ4v) is 7.47. The second kappa shape index (κ2) is 7.10. The van der Waals surface area contributed by atoms with Gasteiger partial charge in [0.25, 0.3) is 0 Å². The van der Waals surface area contributed by atoms with Gasteiger partial charge in [-0.05, 0) is 30.0 Å². The molecule has 3 rings (SSSR count). The molecule has 7 nitrogen and oxygen atoms in total. The van der Waals surface area contributed by atoms with E-state index in [1.54, 1.807) is 18.2 Å². The lowest BCUT2D eigenvalue weighted by Gasteiger charge is -2.17. The average Bonchev–Trinajstić information content (AvgIpc) is 3.32. The number of benzene rings is 1. The first kappa shape index (κ1) is 19.0. The van der Waals surface area contributed by atoms with Crippen molar-refractivity contribution in [2.24, 2.45) is 0 Å². The number of hydrogen-bond acceptors (Lipinski definition) is 7. The van der Waals surface area contributed by atoms with Gasteiger partial charge in [-0.2, -0.15) is 4.31 Å². The summed E-state index contributed by atoms with van der Waals surface area (Å²) in [5.41, 5.74) is 0. The lowest BCUT2D eigenvalue weighted by atomic mass is 10.4. The standard InChI is InChI=1S/C16H17NO6S3/c1-23-16(18)15-14(8-10-24-15)26(21,22)17-9-7-13(11-17)25(19,20)12-5-3-2-4-6-12/h2-6,8,10,13H,7,9,11H2,1H3. The number of sulfone groups is 1. The number of nitrogens with zero attached hydrogens (tertiary/aromatic N) is 1. The van der Waals surface area contributed by atoms with Crippen LogP contribution in [0.25, 0.3) is 0 Å². The van der Waals surface area contributed by atoms with Gasteiger partial charge in [0.1, 0.15) is 9.77 Å². The van der Waals surface area contributed by atoms with Gasteiger partial charge in [0.15, 0.2) is 9.84 Å². The highest BCUT2D eigenvalue weighted by molar-refractivity contribution is 7.92. The Kier molecular flexibility index (Phi) is 5.20. The first-order valence-electron chi connectivity index (χ1n) is 7.73. The molecule has 0 bridgehead atoms. The summed E-state index contributed by atoms with van der Waals surface area (Å²) in [7, 11) is -6.43. The third kappa shape index (κ3) is 3.29. The van der Waals surface area contributed by atoms with Crippen molar-refractivity contribution >= 4 is 37.2 Å². The minimum Gasteiger partial charge on any atom is -0.465 e. The quantitative estimate of drug-likeness (QED) is 0.691. The van der Waals surface area contributed by atoms with E-state index >= 15 is 0 Å². The van der Waals surface area contributed by atoms with E-state index in [4.69, 9.17) is 0 Å². The zero-order chi connectivity index (χ0) is 18.9. The number of thiophene rings is 1. The Morgan fingerprint density at radius 3 is 2.50 bits per heavy atom. The van der Waals surface area contributed by atoms with E-state index in [0.717, 1.165) is 15.6 Å². The van der Waals surface area contributed by atoms with Crippen molar-refractivity contribution in [1.29, 1.82) is 0 Å². The molecule has 0 N–H and O–H groups in total. The molecular weight excluding hydrogens is 398 g/mol. The molecule has 0 spiro atoms. The zero-order valence-corrected chi connectivity index (χ0v) is 16.3. The predicted molar refractivity (Wildman–Crippen MR) is 96.5 cm³/mol. The lowest BCUT2D eigenvalue weighted by Crippen LogP contribution is -2.32. The predicted octanol–water partition coefficient (Wildman–Crippen LogP) is 1.77. The molecular formula is C16H17NO6S3. The van der Waals surface area contributed by atoms with Crippen LogP contribution in [0, 0.1) is 0 Å². The van der Waals surface area contributed by atoms with E-state index < -0.39 is 31.1 Å². The van der Waals surface area contributed by atoms with Crippen molar-refractivity contribution in [3.63, 3.8) is 0 Å². The van der Waals surface area contributed by atoms with Gasteiger partial charge in [-0.1, -0.05) is 18.2 Å². The van der Waals surface area contributed by atoms with Crippen LogP contribution < -0.4 is 0 Å². The number of hydrogen-bond donors (Lipinski definition) is 0. The molecule has 10 heteroatoms. The molecule has 1 saturated heterocycles. The van der Waals surface area contributed by atoms with Gasteiger partial charge in [0.2, 0.25) is 10.0 Å².